The highest BCUT2D eigenvalue weighted by molar-refractivity contribution is 9.10. The molecule has 0 radical (unpaired) electrons. The predicted molar refractivity (Wildman–Crippen MR) is 50.8 cm³/mol. The molecule has 3 nitrogen and oxygen atoms in total. The molecule has 0 aliphatic carbocycles. The fourth-order valence-electron chi connectivity index (χ4n) is 0.879. The van der Waals surface area contributed by atoms with E-state index in [1.807, 2.05) is 0 Å². The lowest BCUT2D eigenvalue weighted by Crippen LogP contribution is -2.01. The Labute approximate surface area is 87.7 Å². The van der Waals surface area contributed by atoms with Gasteiger partial charge in [-0.2, -0.15) is 5.26 Å². The summed E-state index contributed by atoms with van der Waals surface area (Å²) in [6.45, 7) is 0. The Hall–Kier alpha value is -1.05. The van der Waals surface area contributed by atoms with Gasteiger partial charge in [0.25, 0.3) is 0 Å². The van der Waals surface area contributed by atoms with Crippen LogP contribution in [0, 0.1) is 11.3 Å². The largest absolute Gasteiger partial charge is 0.478 e. The van der Waals surface area contributed by atoms with Gasteiger partial charge in [-0.05, 0) is 12.1 Å². The van der Waals surface area contributed by atoms with Gasteiger partial charge in [-0.25, -0.2) is 4.79 Å². The summed E-state index contributed by atoms with van der Waals surface area (Å²) in [6.07, 6.45) is 0. The van der Waals surface area contributed by atoms with Crippen LogP contribution in [0.25, 0.3) is 0 Å². The molecular formula is C8H3BrClNO2. The van der Waals surface area contributed by atoms with E-state index in [1.54, 1.807) is 6.07 Å². The van der Waals surface area contributed by atoms with Crippen LogP contribution in [0.3, 0.4) is 0 Å². The standard InChI is InChI=1S/C8H3BrClNO2/c9-5-1-4(3-11)7(8(12)13)6(10)2-5/h1-2H,(H,12,13). The molecule has 1 N–H and O–H groups in total. The molecule has 0 unspecified atom stereocenters. The number of benzene rings is 1. The molecule has 0 heterocycles. The van der Waals surface area contributed by atoms with Gasteiger partial charge < -0.3 is 5.11 Å². The SMILES string of the molecule is N#Cc1cc(Br)cc(Cl)c1C(=O)O. The first kappa shape index (κ1) is 10.0. The van der Waals surface area contributed by atoms with Gasteiger partial charge in [0.2, 0.25) is 0 Å². The summed E-state index contributed by atoms with van der Waals surface area (Å²) in [5.74, 6) is -1.20. The predicted octanol–water partition coefficient (Wildman–Crippen LogP) is 2.67. The van der Waals surface area contributed by atoms with Crippen LogP contribution in [0.2, 0.25) is 5.02 Å². The Kier molecular flexibility index (Phi) is 2.91. The summed E-state index contributed by atoms with van der Waals surface area (Å²) < 4.78 is 0.582. The van der Waals surface area contributed by atoms with Crippen molar-refractivity contribution < 1.29 is 9.90 Å². The second-order valence-corrected chi connectivity index (χ2v) is 3.55. The van der Waals surface area contributed by atoms with Gasteiger partial charge in [0.1, 0.15) is 6.07 Å². The van der Waals surface area contributed by atoms with E-state index in [-0.39, 0.29) is 16.1 Å². The zero-order chi connectivity index (χ0) is 10.0. The summed E-state index contributed by atoms with van der Waals surface area (Å²) >= 11 is 8.76. The molecule has 0 aromatic heterocycles. The number of halogens is 2. The number of carbonyl (C=O) groups is 1. The number of carboxylic acids is 1. The van der Waals surface area contributed by atoms with E-state index in [0.717, 1.165) is 0 Å². The van der Waals surface area contributed by atoms with Gasteiger partial charge in [-0.1, -0.05) is 27.5 Å². The summed E-state index contributed by atoms with van der Waals surface area (Å²) in [6, 6.07) is 4.61. The molecule has 66 valence electrons. The van der Waals surface area contributed by atoms with Crippen molar-refractivity contribution in [2.24, 2.45) is 0 Å². The van der Waals surface area contributed by atoms with Crippen molar-refractivity contribution in [2.75, 3.05) is 0 Å². The number of nitrogens with zero attached hydrogens (tertiary/aromatic N) is 1. The molecule has 0 aliphatic heterocycles. The van der Waals surface area contributed by atoms with Crippen LogP contribution in [0.1, 0.15) is 15.9 Å². The van der Waals surface area contributed by atoms with E-state index in [2.05, 4.69) is 15.9 Å². The summed E-state index contributed by atoms with van der Waals surface area (Å²) in [4.78, 5) is 10.7. The van der Waals surface area contributed by atoms with Gasteiger partial charge in [0, 0.05) is 4.47 Å². The first-order valence-electron chi connectivity index (χ1n) is 3.18. The maximum Gasteiger partial charge on any atom is 0.338 e. The van der Waals surface area contributed by atoms with Crippen LogP contribution in [0.15, 0.2) is 16.6 Å². The zero-order valence-electron chi connectivity index (χ0n) is 6.21. The molecule has 1 aromatic rings. The van der Waals surface area contributed by atoms with Crippen molar-refractivity contribution in [1.29, 1.82) is 5.26 Å². The highest BCUT2D eigenvalue weighted by atomic mass is 79.9. The summed E-state index contributed by atoms with van der Waals surface area (Å²) in [5, 5.41) is 17.4. The summed E-state index contributed by atoms with van der Waals surface area (Å²) in [7, 11) is 0. The molecule has 13 heavy (non-hydrogen) atoms. The topological polar surface area (TPSA) is 61.1 Å². The van der Waals surface area contributed by atoms with Gasteiger partial charge in [0.15, 0.2) is 0 Å². The molecule has 0 bridgehead atoms. The molecule has 5 heteroatoms. The minimum atomic E-state index is -1.20. The van der Waals surface area contributed by atoms with Crippen LogP contribution >= 0.6 is 27.5 Å². The lowest BCUT2D eigenvalue weighted by molar-refractivity contribution is 0.0697. The number of nitriles is 1. The Morgan fingerprint density at radius 3 is 2.69 bits per heavy atom. The maximum atomic E-state index is 10.7. The average molecular weight is 260 g/mol. The number of carboxylic acid groups (broad SMARTS) is 1. The number of hydrogen-bond acceptors (Lipinski definition) is 2. The molecule has 0 amide bonds. The lowest BCUT2D eigenvalue weighted by atomic mass is 10.1. The van der Waals surface area contributed by atoms with Crippen LogP contribution in [0.4, 0.5) is 0 Å². The molecule has 0 spiro atoms. The van der Waals surface area contributed by atoms with Crippen molar-refractivity contribution in [1.82, 2.24) is 0 Å². The number of rotatable bonds is 1. The Bertz CT molecular complexity index is 411. The quantitative estimate of drug-likeness (QED) is 0.844. The Morgan fingerprint density at radius 2 is 2.23 bits per heavy atom. The van der Waals surface area contributed by atoms with Gasteiger partial charge in [-0.15, -0.1) is 0 Å². The molecule has 0 fully saturated rings. The minimum Gasteiger partial charge on any atom is -0.478 e. The average Bonchev–Trinajstić information content (AvgIpc) is 2.01. The second-order valence-electron chi connectivity index (χ2n) is 2.23. The number of aromatic carboxylic acids is 1. The third-order valence-electron chi connectivity index (χ3n) is 1.39. The maximum absolute atomic E-state index is 10.7. The van der Waals surface area contributed by atoms with Crippen molar-refractivity contribution in [3.63, 3.8) is 0 Å². The molecule has 0 aliphatic rings. The third-order valence-corrected chi connectivity index (χ3v) is 2.15. The minimum absolute atomic E-state index is 0.0480. The highest BCUT2D eigenvalue weighted by Gasteiger charge is 2.15. The van der Waals surface area contributed by atoms with Crippen LogP contribution in [0.5, 0.6) is 0 Å². The van der Waals surface area contributed by atoms with Gasteiger partial charge in [-0.3, -0.25) is 0 Å². The first-order chi connectivity index (χ1) is 6.06. The van der Waals surface area contributed by atoms with Crippen molar-refractivity contribution in [2.45, 2.75) is 0 Å². The number of hydrogen-bond donors (Lipinski definition) is 1. The van der Waals surface area contributed by atoms with E-state index >= 15 is 0 Å². The second kappa shape index (κ2) is 3.77. The molecule has 0 saturated heterocycles. The van der Waals surface area contributed by atoms with Crippen LogP contribution in [-0.4, -0.2) is 11.1 Å². The van der Waals surface area contributed by atoms with E-state index in [0.29, 0.717) is 4.47 Å². The van der Waals surface area contributed by atoms with Crippen molar-refractivity contribution in [3.8, 4) is 6.07 Å². The Balaban J connectivity index is 3.50. The molecular weight excluding hydrogens is 257 g/mol. The van der Waals surface area contributed by atoms with Gasteiger partial charge >= 0.3 is 5.97 Å². The van der Waals surface area contributed by atoms with Crippen LogP contribution in [-0.2, 0) is 0 Å². The van der Waals surface area contributed by atoms with E-state index in [1.165, 1.54) is 12.1 Å². The van der Waals surface area contributed by atoms with Crippen LogP contribution < -0.4 is 0 Å². The first-order valence-corrected chi connectivity index (χ1v) is 4.35. The smallest absolute Gasteiger partial charge is 0.338 e. The fourth-order valence-corrected chi connectivity index (χ4v) is 1.77. The van der Waals surface area contributed by atoms with E-state index in [9.17, 15) is 4.79 Å². The lowest BCUT2D eigenvalue weighted by Gasteiger charge is -2.01. The van der Waals surface area contributed by atoms with Gasteiger partial charge in [0.05, 0.1) is 16.1 Å². The fraction of sp³-hybridized carbons (Fsp3) is 0. The monoisotopic (exact) mass is 259 g/mol. The Morgan fingerprint density at radius 1 is 1.62 bits per heavy atom. The molecule has 0 atom stereocenters. The highest BCUT2D eigenvalue weighted by Crippen LogP contribution is 2.25. The van der Waals surface area contributed by atoms with E-state index < -0.39 is 5.97 Å². The molecule has 0 saturated carbocycles. The summed E-state index contributed by atoms with van der Waals surface area (Å²) in [5.41, 5.74) is -0.112. The van der Waals surface area contributed by atoms with Crippen molar-refractivity contribution >= 4 is 33.5 Å². The molecule has 1 aromatic carbocycles. The normalized spacial score (nSPS) is 9.31. The van der Waals surface area contributed by atoms with Crippen molar-refractivity contribution in [3.05, 3.63) is 32.8 Å². The zero-order valence-corrected chi connectivity index (χ0v) is 8.56. The van der Waals surface area contributed by atoms with E-state index in [4.69, 9.17) is 22.0 Å². The molecule has 1 rings (SSSR count). The third kappa shape index (κ3) is 2.00.